The van der Waals surface area contributed by atoms with Crippen molar-refractivity contribution in [2.45, 2.75) is 52.4 Å². The Hall–Kier alpha value is -6.52. The predicted octanol–water partition coefficient (Wildman–Crippen LogP) is 14.0. The molecular formula is C52H44N4. The molecule has 3 aromatic heterocycles. The van der Waals surface area contributed by atoms with Crippen LogP contribution in [0.5, 0.6) is 0 Å². The normalized spacial score (nSPS) is 12.5. The van der Waals surface area contributed by atoms with Gasteiger partial charge >= 0.3 is 0 Å². The van der Waals surface area contributed by atoms with Gasteiger partial charge in [-0.15, -0.1) is 0 Å². The van der Waals surface area contributed by atoms with E-state index in [1.807, 2.05) is 6.20 Å². The molecule has 0 atom stereocenters. The largest absolute Gasteiger partial charge is 0.354 e. The Kier molecular flexibility index (Phi) is 7.59. The quantitative estimate of drug-likeness (QED) is 0.196. The number of rotatable bonds is 4. The molecule has 0 spiro atoms. The lowest BCUT2D eigenvalue weighted by atomic mass is 9.84. The van der Waals surface area contributed by atoms with E-state index < -0.39 is 0 Å². The van der Waals surface area contributed by atoms with Crippen LogP contribution in [0.1, 0.15) is 52.7 Å². The van der Waals surface area contributed by atoms with Crippen molar-refractivity contribution in [3.05, 3.63) is 163 Å². The molecule has 0 amide bonds. The van der Waals surface area contributed by atoms with Crippen LogP contribution in [0.25, 0.3) is 93.8 Å². The van der Waals surface area contributed by atoms with Crippen molar-refractivity contribution in [1.29, 1.82) is 0 Å². The first-order valence-electron chi connectivity index (χ1n) is 19.6. The highest BCUT2D eigenvalue weighted by Crippen LogP contribution is 2.43. The number of imidazole rings is 1. The zero-order valence-electron chi connectivity index (χ0n) is 32.8. The second kappa shape index (κ2) is 12.5. The van der Waals surface area contributed by atoms with Crippen LogP contribution in [0.3, 0.4) is 0 Å². The van der Waals surface area contributed by atoms with E-state index in [1.165, 1.54) is 38.1 Å². The van der Waals surface area contributed by atoms with E-state index >= 15 is 0 Å². The number of para-hydroxylation sites is 1. The van der Waals surface area contributed by atoms with Gasteiger partial charge in [-0.2, -0.15) is 0 Å². The van der Waals surface area contributed by atoms with Crippen LogP contribution in [0.2, 0.25) is 0 Å². The fourth-order valence-electron chi connectivity index (χ4n) is 8.32. The van der Waals surface area contributed by atoms with Gasteiger partial charge in [0, 0.05) is 49.9 Å². The van der Waals surface area contributed by atoms with Crippen molar-refractivity contribution in [2.75, 3.05) is 0 Å². The number of aromatic amines is 1. The average molecular weight is 725 g/mol. The molecule has 0 saturated heterocycles. The zero-order valence-corrected chi connectivity index (χ0v) is 32.8. The van der Waals surface area contributed by atoms with Gasteiger partial charge in [-0.1, -0.05) is 139 Å². The summed E-state index contributed by atoms with van der Waals surface area (Å²) in [6, 6.07) is 52.8. The summed E-state index contributed by atoms with van der Waals surface area (Å²) in [5.41, 5.74) is 13.2. The minimum atomic E-state index is -0.0904. The Morgan fingerprint density at radius 1 is 0.518 bits per heavy atom. The van der Waals surface area contributed by atoms with Gasteiger partial charge in [0.1, 0.15) is 5.82 Å². The van der Waals surface area contributed by atoms with E-state index in [9.17, 15) is 0 Å². The molecule has 0 saturated carbocycles. The summed E-state index contributed by atoms with van der Waals surface area (Å²) < 4.78 is 2.39. The average Bonchev–Trinajstić information content (AvgIpc) is 3.78. The molecule has 3 heterocycles. The van der Waals surface area contributed by atoms with E-state index in [2.05, 4.69) is 197 Å². The molecule has 10 aromatic rings. The molecule has 4 nitrogen and oxygen atoms in total. The molecule has 0 unspecified atom stereocenters. The molecule has 0 aliphatic heterocycles. The van der Waals surface area contributed by atoms with Gasteiger partial charge in [0.25, 0.3) is 0 Å². The highest BCUT2D eigenvalue weighted by molar-refractivity contribution is 6.13. The minimum absolute atomic E-state index is 0.0304. The van der Waals surface area contributed by atoms with E-state index in [1.54, 1.807) is 0 Å². The Morgan fingerprint density at radius 3 is 2.04 bits per heavy atom. The summed E-state index contributed by atoms with van der Waals surface area (Å²) in [4.78, 5) is 14.5. The van der Waals surface area contributed by atoms with Crippen molar-refractivity contribution in [3.63, 3.8) is 0 Å². The topological polar surface area (TPSA) is 46.5 Å². The SMILES string of the molecule is CC(C)(C)c1ccc2[nH]c3c(-c4nc5c(-c6cccc(-c7cc8ccccc8cn7)c6)cccc5n4-c4cccc5ccccc45)cc(C(C)(C)C)cc3c2c1. The molecule has 4 heteroatoms. The highest BCUT2D eigenvalue weighted by atomic mass is 15.1. The maximum atomic E-state index is 5.71. The number of H-pyrrole nitrogens is 1. The number of hydrogen-bond donors (Lipinski definition) is 1. The summed E-state index contributed by atoms with van der Waals surface area (Å²) in [5.74, 6) is 0.912. The van der Waals surface area contributed by atoms with Gasteiger partial charge < -0.3 is 4.98 Å². The fourth-order valence-corrected chi connectivity index (χ4v) is 8.32. The molecule has 0 fully saturated rings. The number of nitrogens with one attached hydrogen (secondary N) is 1. The number of pyridine rings is 1. The van der Waals surface area contributed by atoms with Crippen LogP contribution in [0, 0.1) is 0 Å². The molecule has 0 aliphatic carbocycles. The minimum Gasteiger partial charge on any atom is -0.354 e. The second-order valence-electron chi connectivity index (χ2n) is 17.3. The summed E-state index contributed by atoms with van der Waals surface area (Å²) in [5, 5.41) is 7.16. The van der Waals surface area contributed by atoms with Crippen LogP contribution in [-0.4, -0.2) is 19.5 Å². The summed E-state index contributed by atoms with van der Waals surface area (Å²) in [6.07, 6.45) is 1.97. The number of fused-ring (bicyclic) bond motifs is 6. The van der Waals surface area contributed by atoms with Gasteiger partial charge in [-0.25, -0.2) is 4.98 Å². The van der Waals surface area contributed by atoms with E-state index in [0.717, 1.165) is 66.9 Å². The summed E-state index contributed by atoms with van der Waals surface area (Å²) in [7, 11) is 0. The van der Waals surface area contributed by atoms with Gasteiger partial charge in [0.15, 0.2) is 0 Å². The Morgan fingerprint density at radius 2 is 1.21 bits per heavy atom. The summed E-state index contributed by atoms with van der Waals surface area (Å²) in [6.45, 7) is 13.8. The van der Waals surface area contributed by atoms with Crippen LogP contribution in [0.4, 0.5) is 0 Å². The van der Waals surface area contributed by atoms with Crippen molar-refractivity contribution in [2.24, 2.45) is 0 Å². The number of aromatic nitrogens is 4. The van der Waals surface area contributed by atoms with Crippen LogP contribution < -0.4 is 0 Å². The first-order chi connectivity index (χ1) is 27.0. The Balaban J connectivity index is 1.27. The maximum absolute atomic E-state index is 5.71. The van der Waals surface area contributed by atoms with Gasteiger partial charge in [-0.05, 0) is 86.8 Å². The lowest BCUT2D eigenvalue weighted by molar-refractivity contribution is 0.590. The molecule has 272 valence electrons. The first kappa shape index (κ1) is 34.0. The van der Waals surface area contributed by atoms with Crippen molar-refractivity contribution in [3.8, 4) is 39.5 Å². The van der Waals surface area contributed by atoms with Gasteiger partial charge in [0.05, 0.1) is 27.9 Å². The van der Waals surface area contributed by atoms with Crippen molar-refractivity contribution >= 4 is 54.4 Å². The van der Waals surface area contributed by atoms with E-state index in [4.69, 9.17) is 9.97 Å². The fraction of sp³-hybridized carbons (Fsp3) is 0.154. The van der Waals surface area contributed by atoms with Crippen LogP contribution in [0.15, 0.2) is 152 Å². The Bertz CT molecular complexity index is 3160. The van der Waals surface area contributed by atoms with Crippen molar-refractivity contribution in [1.82, 2.24) is 19.5 Å². The zero-order chi connectivity index (χ0) is 38.3. The first-order valence-corrected chi connectivity index (χ1v) is 19.6. The molecule has 10 rings (SSSR count). The lowest BCUT2D eigenvalue weighted by Gasteiger charge is -2.21. The third kappa shape index (κ3) is 5.59. The molecule has 0 radical (unpaired) electrons. The molecule has 0 aliphatic rings. The van der Waals surface area contributed by atoms with E-state index in [0.29, 0.717) is 0 Å². The molecule has 7 aromatic carbocycles. The number of benzene rings is 7. The second-order valence-corrected chi connectivity index (χ2v) is 17.3. The molecule has 56 heavy (non-hydrogen) atoms. The third-order valence-electron chi connectivity index (χ3n) is 11.5. The monoisotopic (exact) mass is 724 g/mol. The van der Waals surface area contributed by atoms with Gasteiger partial charge in [0.2, 0.25) is 0 Å². The lowest BCUT2D eigenvalue weighted by Crippen LogP contribution is -2.11. The van der Waals surface area contributed by atoms with Crippen LogP contribution >= 0.6 is 0 Å². The summed E-state index contributed by atoms with van der Waals surface area (Å²) >= 11 is 0. The number of nitrogens with zero attached hydrogens (tertiary/aromatic N) is 3. The van der Waals surface area contributed by atoms with E-state index in [-0.39, 0.29) is 10.8 Å². The molecule has 1 N–H and O–H groups in total. The Labute approximate surface area is 327 Å². The molecular weight excluding hydrogens is 681 g/mol. The maximum Gasteiger partial charge on any atom is 0.147 e. The standard InChI is InChI=1S/C52H44N4/c1-51(2,3)37-24-25-44-41(28-37)42-29-38(52(4,5)6)30-43(48(42)54-44)50-55-49-40(21-13-23-47(49)56(50)46-22-12-17-32-14-9-10-20-39(32)46)34-18-11-19-35(26-34)45-27-33-15-7-8-16-36(33)31-53-45/h7-31,54H,1-6H3. The van der Waals surface area contributed by atoms with Crippen molar-refractivity contribution < 1.29 is 0 Å². The number of hydrogen-bond acceptors (Lipinski definition) is 2. The predicted molar refractivity (Wildman–Crippen MR) is 237 cm³/mol. The molecule has 0 bridgehead atoms. The third-order valence-corrected chi connectivity index (χ3v) is 11.5. The smallest absolute Gasteiger partial charge is 0.147 e. The van der Waals surface area contributed by atoms with Crippen LogP contribution in [-0.2, 0) is 10.8 Å². The highest BCUT2D eigenvalue weighted by Gasteiger charge is 2.25. The van der Waals surface area contributed by atoms with Gasteiger partial charge in [-0.3, -0.25) is 9.55 Å².